The normalized spacial score (nSPS) is 27.3. The lowest BCUT2D eigenvalue weighted by Crippen LogP contribution is -2.49. The molecule has 1 aliphatic heterocycles. The lowest BCUT2D eigenvalue weighted by atomic mass is 9.96. The Bertz CT molecular complexity index is 218. The van der Waals surface area contributed by atoms with E-state index in [1.807, 2.05) is 6.92 Å². The third kappa shape index (κ3) is 3.47. The average molecular weight is 215 g/mol. The standard InChI is InChI=1S/C11H21NO3/c1-8(9(2)13)12-6-4-3-5-10(12)7-11(14)15/h8-10,13H,3-7H2,1-2H3,(H,14,15). The van der Waals surface area contributed by atoms with Crippen molar-refractivity contribution in [3.05, 3.63) is 0 Å². The van der Waals surface area contributed by atoms with Crippen molar-refractivity contribution in [1.82, 2.24) is 4.90 Å². The molecule has 4 nitrogen and oxygen atoms in total. The Labute approximate surface area is 90.9 Å². The summed E-state index contributed by atoms with van der Waals surface area (Å²) in [4.78, 5) is 12.9. The maximum atomic E-state index is 10.7. The number of hydrogen-bond acceptors (Lipinski definition) is 3. The molecule has 1 fully saturated rings. The van der Waals surface area contributed by atoms with Gasteiger partial charge in [-0.25, -0.2) is 0 Å². The van der Waals surface area contributed by atoms with Crippen LogP contribution in [-0.2, 0) is 4.79 Å². The summed E-state index contributed by atoms with van der Waals surface area (Å²) in [6.45, 7) is 4.63. The fourth-order valence-electron chi connectivity index (χ4n) is 2.26. The second-order valence-electron chi connectivity index (χ2n) is 4.47. The first-order valence-electron chi connectivity index (χ1n) is 5.68. The van der Waals surface area contributed by atoms with Crippen molar-refractivity contribution < 1.29 is 15.0 Å². The number of likely N-dealkylation sites (tertiary alicyclic amines) is 1. The topological polar surface area (TPSA) is 60.8 Å². The van der Waals surface area contributed by atoms with E-state index in [1.54, 1.807) is 6.92 Å². The molecule has 0 aromatic carbocycles. The zero-order chi connectivity index (χ0) is 11.4. The van der Waals surface area contributed by atoms with Gasteiger partial charge < -0.3 is 10.2 Å². The van der Waals surface area contributed by atoms with E-state index in [-0.39, 0.29) is 18.5 Å². The summed E-state index contributed by atoms with van der Waals surface area (Å²) in [6, 6.07) is 0.149. The van der Waals surface area contributed by atoms with Crippen LogP contribution in [0.1, 0.15) is 39.5 Å². The van der Waals surface area contributed by atoms with Crippen LogP contribution in [0.5, 0.6) is 0 Å². The van der Waals surface area contributed by atoms with Gasteiger partial charge in [0.25, 0.3) is 0 Å². The van der Waals surface area contributed by atoms with Crippen molar-refractivity contribution >= 4 is 5.97 Å². The SMILES string of the molecule is CC(O)C(C)N1CCCCC1CC(=O)O. The number of aliphatic carboxylic acids is 1. The molecule has 1 saturated heterocycles. The van der Waals surface area contributed by atoms with E-state index in [4.69, 9.17) is 5.11 Å². The predicted molar refractivity (Wildman–Crippen MR) is 57.7 cm³/mol. The molecule has 0 aromatic rings. The summed E-state index contributed by atoms with van der Waals surface area (Å²) < 4.78 is 0. The van der Waals surface area contributed by atoms with Crippen LogP contribution < -0.4 is 0 Å². The van der Waals surface area contributed by atoms with Crippen LogP contribution in [0.15, 0.2) is 0 Å². The zero-order valence-electron chi connectivity index (χ0n) is 9.52. The van der Waals surface area contributed by atoms with Gasteiger partial charge in [0, 0.05) is 12.1 Å². The zero-order valence-corrected chi connectivity index (χ0v) is 9.52. The maximum Gasteiger partial charge on any atom is 0.304 e. The van der Waals surface area contributed by atoms with Crippen LogP contribution in [0.25, 0.3) is 0 Å². The summed E-state index contributed by atoms with van der Waals surface area (Å²) >= 11 is 0. The molecule has 0 aromatic heterocycles. The van der Waals surface area contributed by atoms with Gasteiger partial charge in [-0.15, -0.1) is 0 Å². The predicted octanol–water partition coefficient (Wildman–Crippen LogP) is 1.08. The number of aliphatic hydroxyl groups is 1. The number of carboxylic acids is 1. The fraction of sp³-hybridized carbons (Fsp3) is 0.909. The highest BCUT2D eigenvalue weighted by molar-refractivity contribution is 5.67. The first-order chi connectivity index (χ1) is 7.02. The van der Waals surface area contributed by atoms with E-state index in [2.05, 4.69) is 4.90 Å². The van der Waals surface area contributed by atoms with Crippen molar-refractivity contribution in [2.45, 2.75) is 57.7 Å². The van der Waals surface area contributed by atoms with Gasteiger partial charge in [-0.05, 0) is 33.2 Å². The van der Waals surface area contributed by atoms with Gasteiger partial charge in [-0.2, -0.15) is 0 Å². The van der Waals surface area contributed by atoms with E-state index < -0.39 is 12.1 Å². The Hall–Kier alpha value is -0.610. The van der Waals surface area contributed by atoms with E-state index in [0.717, 1.165) is 25.8 Å². The number of rotatable bonds is 4. The minimum Gasteiger partial charge on any atom is -0.481 e. The summed E-state index contributed by atoms with van der Waals surface area (Å²) in [5.74, 6) is -0.746. The summed E-state index contributed by atoms with van der Waals surface area (Å²) in [5.41, 5.74) is 0. The van der Waals surface area contributed by atoms with E-state index in [9.17, 15) is 9.90 Å². The Balaban J connectivity index is 2.60. The van der Waals surface area contributed by atoms with Gasteiger partial charge in [0.2, 0.25) is 0 Å². The second kappa shape index (κ2) is 5.47. The molecule has 4 heteroatoms. The first-order valence-corrected chi connectivity index (χ1v) is 5.68. The highest BCUT2D eigenvalue weighted by Gasteiger charge is 2.29. The molecule has 1 rings (SSSR count). The van der Waals surface area contributed by atoms with Gasteiger partial charge in [0.15, 0.2) is 0 Å². The first kappa shape index (κ1) is 12.5. The molecule has 3 atom stereocenters. The number of carbonyl (C=O) groups is 1. The number of piperidine rings is 1. The van der Waals surface area contributed by atoms with Crippen molar-refractivity contribution in [1.29, 1.82) is 0 Å². The van der Waals surface area contributed by atoms with Crippen molar-refractivity contribution in [3.63, 3.8) is 0 Å². The molecule has 3 unspecified atom stereocenters. The monoisotopic (exact) mass is 215 g/mol. The van der Waals surface area contributed by atoms with Crippen LogP contribution in [0.2, 0.25) is 0 Å². The van der Waals surface area contributed by atoms with Crippen molar-refractivity contribution in [2.24, 2.45) is 0 Å². The highest BCUT2D eigenvalue weighted by Crippen LogP contribution is 2.23. The van der Waals surface area contributed by atoms with Crippen LogP contribution in [0.4, 0.5) is 0 Å². The van der Waals surface area contributed by atoms with Crippen molar-refractivity contribution in [2.75, 3.05) is 6.54 Å². The molecule has 0 aliphatic carbocycles. The minimum atomic E-state index is -0.746. The van der Waals surface area contributed by atoms with Crippen LogP contribution in [0.3, 0.4) is 0 Å². The molecular formula is C11H21NO3. The van der Waals surface area contributed by atoms with Gasteiger partial charge in [-0.1, -0.05) is 6.42 Å². The van der Waals surface area contributed by atoms with Crippen LogP contribution >= 0.6 is 0 Å². The average Bonchev–Trinajstić information content (AvgIpc) is 2.16. The fourth-order valence-corrected chi connectivity index (χ4v) is 2.26. The Morgan fingerprint density at radius 3 is 2.67 bits per heavy atom. The Morgan fingerprint density at radius 1 is 1.47 bits per heavy atom. The molecule has 15 heavy (non-hydrogen) atoms. The van der Waals surface area contributed by atoms with E-state index in [0.29, 0.717) is 0 Å². The minimum absolute atomic E-state index is 0.0506. The van der Waals surface area contributed by atoms with Gasteiger partial charge in [0.1, 0.15) is 0 Å². The van der Waals surface area contributed by atoms with Gasteiger partial charge in [-0.3, -0.25) is 9.69 Å². The molecule has 0 saturated carbocycles. The third-order valence-corrected chi connectivity index (χ3v) is 3.30. The quantitative estimate of drug-likeness (QED) is 0.737. The van der Waals surface area contributed by atoms with E-state index >= 15 is 0 Å². The number of hydrogen-bond donors (Lipinski definition) is 2. The molecule has 0 amide bonds. The molecule has 1 aliphatic rings. The lowest BCUT2D eigenvalue weighted by Gasteiger charge is -2.40. The molecule has 88 valence electrons. The van der Waals surface area contributed by atoms with Gasteiger partial charge in [0.05, 0.1) is 12.5 Å². The molecule has 0 radical (unpaired) electrons. The largest absolute Gasteiger partial charge is 0.481 e. The molecular weight excluding hydrogens is 194 g/mol. The van der Waals surface area contributed by atoms with Crippen LogP contribution in [-0.4, -0.2) is 45.8 Å². The third-order valence-electron chi connectivity index (χ3n) is 3.30. The summed E-state index contributed by atoms with van der Waals surface area (Å²) in [7, 11) is 0. The number of nitrogens with zero attached hydrogens (tertiary/aromatic N) is 1. The van der Waals surface area contributed by atoms with Crippen molar-refractivity contribution in [3.8, 4) is 0 Å². The lowest BCUT2D eigenvalue weighted by molar-refractivity contribution is -0.139. The van der Waals surface area contributed by atoms with Gasteiger partial charge >= 0.3 is 5.97 Å². The molecule has 2 N–H and O–H groups in total. The Morgan fingerprint density at radius 2 is 2.13 bits per heavy atom. The molecule has 1 heterocycles. The highest BCUT2D eigenvalue weighted by atomic mass is 16.4. The summed E-state index contributed by atoms with van der Waals surface area (Å²) in [5, 5.41) is 18.4. The van der Waals surface area contributed by atoms with Crippen LogP contribution in [0, 0.1) is 0 Å². The number of aliphatic hydroxyl groups excluding tert-OH is 1. The number of carboxylic acid groups (broad SMARTS) is 1. The van der Waals surface area contributed by atoms with E-state index in [1.165, 1.54) is 0 Å². The maximum absolute atomic E-state index is 10.7. The smallest absolute Gasteiger partial charge is 0.304 e. The summed E-state index contributed by atoms with van der Waals surface area (Å²) in [6.07, 6.45) is 2.92. The second-order valence-corrected chi connectivity index (χ2v) is 4.47. The molecule has 0 spiro atoms. The Kier molecular flexibility index (Phi) is 4.54. The molecule has 0 bridgehead atoms.